The summed E-state index contributed by atoms with van der Waals surface area (Å²) in [6.07, 6.45) is 1.53. The van der Waals surface area contributed by atoms with Crippen LogP contribution in [0.5, 0.6) is 5.75 Å². The van der Waals surface area contributed by atoms with E-state index >= 15 is 0 Å². The lowest BCUT2D eigenvalue weighted by Crippen LogP contribution is -2.31. The molecule has 12 heteroatoms. The van der Waals surface area contributed by atoms with Crippen LogP contribution in [0.1, 0.15) is 12.5 Å². The molecule has 1 aromatic heterocycles. The van der Waals surface area contributed by atoms with Gasteiger partial charge in [-0.25, -0.2) is 4.99 Å². The molecule has 2 heterocycles. The van der Waals surface area contributed by atoms with Crippen LogP contribution in [-0.2, 0) is 16.1 Å². The van der Waals surface area contributed by atoms with Gasteiger partial charge in [0.15, 0.2) is 5.17 Å². The molecule has 0 atom stereocenters. The number of amides is 2. The molecule has 0 spiro atoms. The van der Waals surface area contributed by atoms with Gasteiger partial charge in [0.2, 0.25) is 5.91 Å². The summed E-state index contributed by atoms with van der Waals surface area (Å²) in [6, 6.07) is 24.4. The Morgan fingerprint density at radius 1 is 1.00 bits per heavy atom. The van der Waals surface area contributed by atoms with Crippen LogP contribution in [0, 0.1) is 0 Å². The average molecular weight is 666 g/mol. The number of carbonyl (C=O) groups is 2. The van der Waals surface area contributed by atoms with Crippen molar-refractivity contribution in [2.45, 2.75) is 20.1 Å². The van der Waals surface area contributed by atoms with E-state index in [0.717, 1.165) is 40.1 Å². The highest BCUT2D eigenvalue weighted by Gasteiger charge is 2.32. The quantitative estimate of drug-likeness (QED) is 0.168. The molecule has 0 saturated heterocycles. The minimum atomic E-state index is -2.99. The predicted octanol–water partition coefficient (Wildman–Crippen LogP) is 8.84. The van der Waals surface area contributed by atoms with Gasteiger partial charge in [0.1, 0.15) is 11.4 Å². The van der Waals surface area contributed by atoms with Gasteiger partial charge in [-0.2, -0.15) is 8.78 Å². The number of thioether (sulfide) groups is 1. The molecule has 228 valence electrons. The highest BCUT2D eigenvalue weighted by molar-refractivity contribution is 8.14. The number of ether oxygens (including phenoxy) is 1. The smallest absolute Gasteiger partial charge is 0.387 e. The molecule has 1 aliphatic rings. The topological polar surface area (TPSA) is 75.9 Å². The minimum Gasteiger partial charge on any atom is -0.435 e. The van der Waals surface area contributed by atoms with Crippen molar-refractivity contribution >= 4 is 91.2 Å². The van der Waals surface area contributed by atoms with Gasteiger partial charge < -0.3 is 14.6 Å². The van der Waals surface area contributed by atoms with Crippen LogP contribution < -0.4 is 15.0 Å². The normalized spacial score (nSPS) is 14.2. The maximum Gasteiger partial charge on any atom is 0.387 e. The summed E-state index contributed by atoms with van der Waals surface area (Å²) in [5.74, 6) is -0.899. The number of hydrogen-bond acceptors (Lipinski definition) is 5. The number of carbonyl (C=O) groups excluding carboxylic acids is 2. The molecule has 0 radical (unpaired) electrons. The number of halogens is 4. The van der Waals surface area contributed by atoms with Gasteiger partial charge in [0.05, 0.1) is 11.4 Å². The largest absolute Gasteiger partial charge is 0.435 e. The minimum absolute atomic E-state index is 0.0566. The predicted molar refractivity (Wildman–Crippen MR) is 179 cm³/mol. The van der Waals surface area contributed by atoms with Gasteiger partial charge in [-0.3, -0.25) is 14.5 Å². The zero-order valence-electron chi connectivity index (χ0n) is 23.6. The van der Waals surface area contributed by atoms with E-state index in [9.17, 15) is 18.4 Å². The first-order valence-corrected chi connectivity index (χ1v) is 15.5. The first kappa shape index (κ1) is 30.6. The first-order chi connectivity index (χ1) is 21.7. The maximum atomic E-state index is 13.6. The van der Waals surface area contributed by atoms with Crippen LogP contribution in [0.3, 0.4) is 0 Å². The molecule has 2 amide bonds. The molecular formula is C33H24Cl2F2N4O3S. The second-order valence-corrected chi connectivity index (χ2v) is 11.7. The molecule has 0 unspecified atom stereocenters. The number of rotatable bonds is 8. The van der Waals surface area contributed by atoms with Gasteiger partial charge in [-0.05, 0) is 79.2 Å². The van der Waals surface area contributed by atoms with E-state index in [4.69, 9.17) is 23.2 Å². The Kier molecular flexibility index (Phi) is 8.80. The lowest BCUT2D eigenvalue weighted by molar-refractivity contribution is -0.114. The Bertz CT molecular complexity index is 2010. The van der Waals surface area contributed by atoms with Crippen LogP contribution >= 0.6 is 35.0 Å². The van der Waals surface area contributed by atoms with Crippen molar-refractivity contribution in [1.82, 2.24) is 4.57 Å². The fraction of sp³-hybridized carbons (Fsp3) is 0.121. The molecule has 0 saturated carbocycles. The molecule has 7 nitrogen and oxygen atoms in total. The zero-order valence-corrected chi connectivity index (χ0v) is 26.0. The number of benzene rings is 4. The Hall–Kier alpha value is -4.38. The number of hydrogen-bond donors (Lipinski definition) is 1. The summed E-state index contributed by atoms with van der Waals surface area (Å²) in [4.78, 5) is 32.5. The molecule has 1 N–H and O–H groups in total. The lowest BCUT2D eigenvalue weighted by Gasteiger charge is -2.18. The molecule has 1 aliphatic heterocycles. The van der Waals surface area contributed by atoms with Crippen LogP contribution in [0.4, 0.5) is 20.2 Å². The Morgan fingerprint density at radius 3 is 2.49 bits per heavy atom. The van der Waals surface area contributed by atoms with Gasteiger partial charge in [0.25, 0.3) is 5.91 Å². The number of alkyl halides is 2. The summed E-state index contributed by atoms with van der Waals surface area (Å²) in [6.45, 7) is -0.0821. The van der Waals surface area contributed by atoms with Gasteiger partial charge in [-0.15, -0.1) is 0 Å². The molecular weight excluding hydrogens is 641 g/mol. The zero-order chi connectivity index (χ0) is 31.7. The van der Waals surface area contributed by atoms with Crippen molar-refractivity contribution in [2.24, 2.45) is 4.99 Å². The SMILES string of the molecule is CCn1c2ccccc2c2cc(NC(=O)CSC3=N/C(=C\c4ccc(Cl)cc4Cl)C(=O)N3c3ccc(OC(F)F)cc3)ccc21. The second kappa shape index (κ2) is 12.9. The fourth-order valence-corrected chi connectivity index (χ4v) is 6.44. The van der Waals surface area contributed by atoms with Crippen molar-refractivity contribution in [3.8, 4) is 5.75 Å². The number of nitrogens with zero attached hydrogens (tertiary/aromatic N) is 3. The standard InChI is InChI=1S/C33H24Cl2F2N4O3S/c1-2-40-28-6-4-3-5-24(28)25-17-21(9-14-29(25)40)38-30(42)18-45-33-39-27(15-19-7-8-20(34)16-26(19)35)31(43)41(33)22-10-12-23(13-11-22)44-32(36)37/h3-17,32H,2,18H2,1H3,(H,38,42)/b27-15-. The molecule has 45 heavy (non-hydrogen) atoms. The Balaban J connectivity index is 1.25. The molecule has 0 fully saturated rings. The van der Waals surface area contributed by atoms with E-state index in [1.54, 1.807) is 18.2 Å². The van der Waals surface area contributed by atoms with Gasteiger partial charge in [0, 0.05) is 44.1 Å². The number of aromatic nitrogens is 1. The van der Waals surface area contributed by atoms with Crippen LogP contribution in [0.15, 0.2) is 95.6 Å². The number of aliphatic imine (C=N–C) groups is 1. The average Bonchev–Trinajstić information content (AvgIpc) is 3.50. The summed E-state index contributed by atoms with van der Waals surface area (Å²) in [5, 5.41) is 6.08. The number of nitrogens with one attached hydrogen (secondary N) is 1. The number of aryl methyl sites for hydroxylation is 1. The highest BCUT2D eigenvalue weighted by Crippen LogP contribution is 2.34. The molecule has 6 rings (SSSR count). The van der Waals surface area contributed by atoms with E-state index < -0.39 is 12.5 Å². The molecule has 0 bridgehead atoms. The summed E-state index contributed by atoms with van der Waals surface area (Å²) < 4.78 is 32.0. The summed E-state index contributed by atoms with van der Waals surface area (Å²) in [7, 11) is 0. The Morgan fingerprint density at radius 2 is 1.76 bits per heavy atom. The van der Waals surface area contributed by atoms with E-state index in [2.05, 4.69) is 38.7 Å². The van der Waals surface area contributed by atoms with Gasteiger partial charge >= 0.3 is 6.61 Å². The maximum absolute atomic E-state index is 13.6. The van der Waals surface area contributed by atoms with Crippen molar-refractivity contribution in [1.29, 1.82) is 0 Å². The third-order valence-corrected chi connectivity index (χ3v) is 8.61. The van der Waals surface area contributed by atoms with E-state index in [0.29, 0.717) is 27.0 Å². The number of anilines is 2. The molecule has 4 aromatic carbocycles. The van der Waals surface area contributed by atoms with Crippen molar-refractivity contribution in [3.63, 3.8) is 0 Å². The third-order valence-electron chi connectivity index (χ3n) is 7.11. The molecule has 5 aromatic rings. The molecule has 0 aliphatic carbocycles. The van der Waals surface area contributed by atoms with Crippen molar-refractivity contribution in [2.75, 3.05) is 16.0 Å². The number of fused-ring (bicyclic) bond motifs is 3. The van der Waals surface area contributed by atoms with Crippen LogP contribution in [0.2, 0.25) is 10.0 Å². The monoisotopic (exact) mass is 664 g/mol. The van der Waals surface area contributed by atoms with E-state index in [-0.39, 0.29) is 28.3 Å². The highest BCUT2D eigenvalue weighted by atomic mass is 35.5. The lowest BCUT2D eigenvalue weighted by atomic mass is 10.1. The number of amidine groups is 1. The summed E-state index contributed by atoms with van der Waals surface area (Å²) >= 11 is 13.4. The van der Waals surface area contributed by atoms with Crippen LogP contribution in [-0.4, -0.2) is 33.9 Å². The summed E-state index contributed by atoms with van der Waals surface area (Å²) in [5.41, 5.74) is 3.80. The third kappa shape index (κ3) is 6.40. The fourth-order valence-electron chi connectivity index (χ4n) is 5.16. The Labute approximate surface area is 271 Å². The van der Waals surface area contributed by atoms with Crippen LogP contribution in [0.25, 0.3) is 27.9 Å². The first-order valence-electron chi connectivity index (χ1n) is 13.8. The van der Waals surface area contributed by atoms with Crippen molar-refractivity contribution in [3.05, 3.63) is 106 Å². The van der Waals surface area contributed by atoms with Crippen molar-refractivity contribution < 1.29 is 23.1 Å². The number of para-hydroxylation sites is 1. The van der Waals surface area contributed by atoms with Gasteiger partial charge in [-0.1, -0.05) is 59.2 Å². The second-order valence-electron chi connectivity index (χ2n) is 9.93. The van der Waals surface area contributed by atoms with E-state index in [1.807, 2.05) is 30.3 Å². The van der Waals surface area contributed by atoms with E-state index in [1.165, 1.54) is 35.2 Å².